The Morgan fingerprint density at radius 1 is 1.60 bits per heavy atom. The first kappa shape index (κ1) is 8.75. The van der Waals surface area contributed by atoms with Crippen LogP contribution in [0.2, 0.25) is 0 Å². The van der Waals surface area contributed by atoms with Crippen LogP contribution in [0.3, 0.4) is 0 Å². The Kier molecular flexibility index (Phi) is 5.14. The number of rotatable bonds is 3. The minimum Gasteiger partial charge on any atom is -0.418 e. The van der Waals surface area contributed by atoms with Crippen LogP contribution in [0.15, 0.2) is 24.5 Å². The van der Waals surface area contributed by atoms with E-state index in [0.717, 1.165) is 6.42 Å². The Morgan fingerprint density at radius 3 is 2.80 bits per heavy atom. The first-order valence-electron chi connectivity index (χ1n) is 3.05. The maximum atomic E-state index is 9.96. The molecule has 0 radical (unpaired) electrons. The summed E-state index contributed by atoms with van der Waals surface area (Å²) in [7, 11) is 0. The minimum absolute atomic E-state index is 0.791. The highest BCUT2D eigenvalue weighted by molar-refractivity contribution is 5.65. The molecule has 0 unspecified atom stereocenters. The Bertz CT molecular complexity index is 150. The van der Waals surface area contributed by atoms with Gasteiger partial charge < -0.3 is 10.5 Å². The first-order chi connectivity index (χ1) is 4.77. The molecule has 10 heavy (non-hydrogen) atoms. The summed E-state index contributed by atoms with van der Waals surface area (Å²) in [5.74, 6) is 0. The fourth-order valence-electron chi connectivity index (χ4n) is 0.366. The largest absolute Gasteiger partial charge is 0.418 e. The Hall–Kier alpha value is -1.25. The third kappa shape index (κ3) is 6.75. The van der Waals surface area contributed by atoms with Crippen molar-refractivity contribution >= 4 is 6.09 Å². The van der Waals surface area contributed by atoms with Gasteiger partial charge in [0.15, 0.2) is 0 Å². The van der Waals surface area contributed by atoms with Crippen molar-refractivity contribution in [1.82, 2.24) is 0 Å². The molecule has 56 valence electrons. The SMILES string of the molecule is CC/C=C/C=C/OC(N)=O. The van der Waals surface area contributed by atoms with Gasteiger partial charge in [0.05, 0.1) is 6.26 Å². The van der Waals surface area contributed by atoms with Crippen LogP contribution >= 0.6 is 0 Å². The van der Waals surface area contributed by atoms with Crippen LogP contribution < -0.4 is 5.73 Å². The molecule has 0 saturated heterocycles. The zero-order valence-electron chi connectivity index (χ0n) is 5.91. The van der Waals surface area contributed by atoms with Crippen LogP contribution in [-0.2, 0) is 4.74 Å². The van der Waals surface area contributed by atoms with Gasteiger partial charge in [-0.15, -0.1) is 0 Å². The van der Waals surface area contributed by atoms with E-state index in [2.05, 4.69) is 10.5 Å². The average Bonchev–Trinajstić information content (AvgIpc) is 1.87. The number of hydrogen-bond donors (Lipinski definition) is 1. The third-order valence-electron chi connectivity index (χ3n) is 0.746. The molecule has 0 aromatic carbocycles. The van der Waals surface area contributed by atoms with Gasteiger partial charge in [-0.2, -0.15) is 0 Å². The molecule has 0 aromatic rings. The maximum Gasteiger partial charge on any atom is 0.409 e. The molecule has 0 aromatic heterocycles. The molecule has 3 nitrogen and oxygen atoms in total. The van der Waals surface area contributed by atoms with Gasteiger partial charge >= 0.3 is 6.09 Å². The second-order valence-electron chi connectivity index (χ2n) is 1.60. The minimum atomic E-state index is -0.791. The van der Waals surface area contributed by atoms with Crippen LogP contribution in [0.1, 0.15) is 13.3 Å². The lowest BCUT2D eigenvalue weighted by Crippen LogP contribution is -2.08. The standard InChI is InChI=1S/C7H11NO2/c1-2-3-4-5-6-10-7(8)9/h3-6H,2H2,1H3,(H2,8,9)/b4-3+,6-5+. The van der Waals surface area contributed by atoms with Crippen LogP contribution in [0.5, 0.6) is 0 Å². The Balaban J connectivity index is 3.37. The highest BCUT2D eigenvalue weighted by Crippen LogP contribution is 1.82. The lowest BCUT2D eigenvalue weighted by atomic mass is 10.4. The van der Waals surface area contributed by atoms with Crippen LogP contribution in [0.25, 0.3) is 0 Å². The van der Waals surface area contributed by atoms with E-state index in [4.69, 9.17) is 0 Å². The van der Waals surface area contributed by atoms with Gasteiger partial charge in [-0.1, -0.05) is 19.1 Å². The monoisotopic (exact) mass is 141 g/mol. The number of allylic oxidation sites excluding steroid dienone is 3. The van der Waals surface area contributed by atoms with Crippen molar-refractivity contribution in [3.05, 3.63) is 24.5 Å². The van der Waals surface area contributed by atoms with Gasteiger partial charge in [-0.25, -0.2) is 4.79 Å². The number of carbonyl (C=O) groups excluding carboxylic acids is 1. The summed E-state index contributed by atoms with van der Waals surface area (Å²) in [4.78, 5) is 9.96. The molecular weight excluding hydrogens is 130 g/mol. The smallest absolute Gasteiger partial charge is 0.409 e. The zero-order chi connectivity index (χ0) is 7.82. The molecule has 0 saturated carbocycles. The van der Waals surface area contributed by atoms with E-state index in [0.29, 0.717) is 0 Å². The van der Waals surface area contributed by atoms with E-state index in [1.54, 1.807) is 12.2 Å². The van der Waals surface area contributed by atoms with Crippen LogP contribution in [-0.4, -0.2) is 6.09 Å². The second-order valence-corrected chi connectivity index (χ2v) is 1.60. The highest BCUT2D eigenvalue weighted by atomic mass is 16.5. The van der Waals surface area contributed by atoms with Crippen molar-refractivity contribution in [2.24, 2.45) is 5.73 Å². The first-order valence-corrected chi connectivity index (χ1v) is 3.05. The van der Waals surface area contributed by atoms with Crippen LogP contribution in [0, 0.1) is 0 Å². The van der Waals surface area contributed by atoms with Crippen molar-refractivity contribution < 1.29 is 9.53 Å². The molecule has 0 aliphatic carbocycles. The molecule has 0 fully saturated rings. The molecule has 0 spiro atoms. The number of amides is 1. The topological polar surface area (TPSA) is 52.3 Å². The summed E-state index contributed by atoms with van der Waals surface area (Å²) in [5.41, 5.74) is 4.67. The summed E-state index contributed by atoms with van der Waals surface area (Å²) in [5, 5.41) is 0. The number of nitrogens with two attached hydrogens (primary N) is 1. The van der Waals surface area contributed by atoms with E-state index in [1.807, 2.05) is 13.0 Å². The van der Waals surface area contributed by atoms with E-state index in [1.165, 1.54) is 6.26 Å². The molecule has 0 bridgehead atoms. The van der Waals surface area contributed by atoms with Gasteiger partial charge in [0, 0.05) is 0 Å². The molecule has 0 atom stereocenters. The number of ether oxygens (including phenoxy) is 1. The summed E-state index contributed by atoms with van der Waals surface area (Å²) >= 11 is 0. The molecule has 3 heteroatoms. The molecule has 0 aliphatic rings. The summed E-state index contributed by atoms with van der Waals surface area (Å²) in [6.07, 6.45) is 6.73. The molecule has 2 N–H and O–H groups in total. The molecular formula is C7H11NO2. The lowest BCUT2D eigenvalue weighted by molar-refractivity contribution is 0.196. The molecule has 0 rings (SSSR count). The van der Waals surface area contributed by atoms with Crippen molar-refractivity contribution in [2.45, 2.75) is 13.3 Å². The predicted molar refractivity (Wildman–Crippen MR) is 39.2 cm³/mol. The zero-order valence-corrected chi connectivity index (χ0v) is 5.91. The van der Waals surface area contributed by atoms with E-state index < -0.39 is 6.09 Å². The van der Waals surface area contributed by atoms with Crippen molar-refractivity contribution in [1.29, 1.82) is 0 Å². The van der Waals surface area contributed by atoms with E-state index >= 15 is 0 Å². The van der Waals surface area contributed by atoms with Crippen molar-refractivity contribution in [3.8, 4) is 0 Å². The van der Waals surface area contributed by atoms with Crippen LogP contribution in [0.4, 0.5) is 4.79 Å². The average molecular weight is 141 g/mol. The normalized spacial score (nSPS) is 10.9. The van der Waals surface area contributed by atoms with Gasteiger partial charge in [0.2, 0.25) is 0 Å². The summed E-state index contributed by atoms with van der Waals surface area (Å²) in [6.45, 7) is 2.01. The van der Waals surface area contributed by atoms with E-state index in [9.17, 15) is 4.79 Å². The molecule has 0 aliphatic heterocycles. The maximum absolute atomic E-state index is 9.96. The molecule has 1 amide bonds. The van der Waals surface area contributed by atoms with E-state index in [-0.39, 0.29) is 0 Å². The van der Waals surface area contributed by atoms with Crippen molar-refractivity contribution in [3.63, 3.8) is 0 Å². The fraction of sp³-hybridized carbons (Fsp3) is 0.286. The predicted octanol–water partition coefficient (Wildman–Crippen LogP) is 1.56. The second kappa shape index (κ2) is 5.88. The summed E-state index contributed by atoms with van der Waals surface area (Å²) < 4.78 is 4.30. The quantitative estimate of drug-likeness (QED) is 0.479. The number of hydrogen-bond acceptors (Lipinski definition) is 2. The fourth-order valence-corrected chi connectivity index (χ4v) is 0.366. The Morgan fingerprint density at radius 2 is 2.30 bits per heavy atom. The van der Waals surface area contributed by atoms with Gasteiger partial charge in [-0.3, -0.25) is 0 Å². The summed E-state index contributed by atoms with van der Waals surface area (Å²) in [6, 6.07) is 0. The third-order valence-corrected chi connectivity index (χ3v) is 0.746. The highest BCUT2D eigenvalue weighted by Gasteiger charge is 1.82. The number of primary amides is 1. The number of carbonyl (C=O) groups is 1. The van der Waals surface area contributed by atoms with Gasteiger partial charge in [0.25, 0.3) is 0 Å². The molecule has 0 heterocycles. The van der Waals surface area contributed by atoms with Gasteiger partial charge in [0.1, 0.15) is 0 Å². The van der Waals surface area contributed by atoms with Gasteiger partial charge in [-0.05, 0) is 12.5 Å². The Labute approximate surface area is 60.2 Å². The lowest BCUT2D eigenvalue weighted by Gasteiger charge is -1.86. The van der Waals surface area contributed by atoms with Crippen molar-refractivity contribution in [2.75, 3.05) is 0 Å².